The molecule has 0 aromatic rings. The number of amides is 1. The Bertz CT molecular complexity index is 200. The van der Waals surface area contributed by atoms with Crippen LogP contribution >= 0.6 is 0 Å². The first-order chi connectivity index (χ1) is 7.04. The first-order valence-electron chi connectivity index (χ1n) is 6.07. The predicted molar refractivity (Wildman–Crippen MR) is 62.7 cm³/mol. The van der Waals surface area contributed by atoms with Crippen molar-refractivity contribution in [1.82, 2.24) is 10.2 Å². The molecule has 0 bridgehead atoms. The van der Waals surface area contributed by atoms with Crippen LogP contribution in [0.1, 0.15) is 40.5 Å². The Hall–Kier alpha value is -0.570. The number of hydrogen-bond donors (Lipinski definition) is 1. The van der Waals surface area contributed by atoms with Gasteiger partial charge in [-0.2, -0.15) is 0 Å². The molecule has 15 heavy (non-hydrogen) atoms. The van der Waals surface area contributed by atoms with Gasteiger partial charge in [0.25, 0.3) is 0 Å². The number of carbonyl (C=O) groups excluding carboxylic acids is 1. The number of nitrogens with one attached hydrogen (secondary N) is 1. The average molecular weight is 212 g/mol. The molecule has 0 radical (unpaired) electrons. The number of hydrogen-bond acceptors (Lipinski definition) is 2. The second-order valence-electron chi connectivity index (χ2n) is 4.98. The van der Waals surface area contributed by atoms with Crippen LogP contribution in [-0.2, 0) is 4.79 Å². The minimum atomic E-state index is 0.198. The maximum atomic E-state index is 12.3. The van der Waals surface area contributed by atoms with Gasteiger partial charge in [0.15, 0.2) is 0 Å². The van der Waals surface area contributed by atoms with Gasteiger partial charge in [-0.1, -0.05) is 0 Å². The van der Waals surface area contributed by atoms with Gasteiger partial charge >= 0.3 is 0 Å². The van der Waals surface area contributed by atoms with E-state index in [2.05, 4.69) is 33.0 Å². The number of piperidine rings is 1. The first kappa shape index (κ1) is 12.5. The zero-order valence-corrected chi connectivity index (χ0v) is 10.4. The lowest BCUT2D eigenvalue weighted by Gasteiger charge is -2.35. The Balaban J connectivity index is 2.62. The molecular formula is C12H24N2O. The largest absolute Gasteiger partial charge is 0.338 e. The Labute approximate surface area is 93.2 Å². The van der Waals surface area contributed by atoms with E-state index >= 15 is 0 Å². The molecule has 0 aliphatic carbocycles. The normalized spacial score (nSPS) is 22.1. The van der Waals surface area contributed by atoms with Crippen LogP contribution in [0.15, 0.2) is 0 Å². The molecule has 3 heteroatoms. The van der Waals surface area contributed by atoms with Crippen LogP contribution in [0.4, 0.5) is 0 Å². The van der Waals surface area contributed by atoms with E-state index in [-0.39, 0.29) is 5.92 Å². The Morgan fingerprint density at radius 2 is 1.87 bits per heavy atom. The minimum Gasteiger partial charge on any atom is -0.338 e. The van der Waals surface area contributed by atoms with Crippen molar-refractivity contribution in [3.63, 3.8) is 0 Å². The van der Waals surface area contributed by atoms with Gasteiger partial charge < -0.3 is 10.2 Å². The SMILES string of the molecule is CC(C)N(C(=O)C1CCCNC1)C(C)C. The van der Waals surface area contributed by atoms with Crippen LogP contribution in [0.2, 0.25) is 0 Å². The quantitative estimate of drug-likeness (QED) is 0.771. The van der Waals surface area contributed by atoms with Crippen molar-refractivity contribution in [1.29, 1.82) is 0 Å². The third kappa shape index (κ3) is 3.20. The van der Waals surface area contributed by atoms with Crippen LogP contribution in [0, 0.1) is 5.92 Å². The highest BCUT2D eigenvalue weighted by Crippen LogP contribution is 2.17. The van der Waals surface area contributed by atoms with Crippen molar-refractivity contribution in [3.05, 3.63) is 0 Å². The molecule has 1 atom stereocenters. The van der Waals surface area contributed by atoms with Gasteiger partial charge in [0.2, 0.25) is 5.91 Å². The lowest BCUT2D eigenvalue weighted by molar-refractivity contribution is -0.139. The van der Waals surface area contributed by atoms with Crippen molar-refractivity contribution in [2.24, 2.45) is 5.92 Å². The van der Waals surface area contributed by atoms with Gasteiger partial charge in [-0.3, -0.25) is 4.79 Å². The molecule has 1 N–H and O–H groups in total. The topological polar surface area (TPSA) is 32.3 Å². The van der Waals surface area contributed by atoms with Gasteiger partial charge in [-0.25, -0.2) is 0 Å². The highest BCUT2D eigenvalue weighted by molar-refractivity contribution is 5.79. The summed E-state index contributed by atoms with van der Waals surface area (Å²) in [6, 6.07) is 0.610. The molecule has 0 aromatic heterocycles. The second-order valence-corrected chi connectivity index (χ2v) is 4.98. The summed E-state index contributed by atoms with van der Waals surface area (Å²) in [7, 11) is 0. The van der Waals surface area contributed by atoms with Gasteiger partial charge in [0, 0.05) is 18.6 Å². The molecule has 1 fully saturated rings. The highest BCUT2D eigenvalue weighted by Gasteiger charge is 2.28. The first-order valence-corrected chi connectivity index (χ1v) is 6.07. The van der Waals surface area contributed by atoms with E-state index in [4.69, 9.17) is 0 Å². The smallest absolute Gasteiger partial charge is 0.227 e. The Morgan fingerprint density at radius 1 is 1.27 bits per heavy atom. The van der Waals surface area contributed by atoms with Gasteiger partial charge in [-0.15, -0.1) is 0 Å². The molecule has 1 heterocycles. The van der Waals surface area contributed by atoms with E-state index in [9.17, 15) is 4.79 Å². The Morgan fingerprint density at radius 3 is 2.27 bits per heavy atom. The summed E-state index contributed by atoms with van der Waals surface area (Å²) < 4.78 is 0. The number of carbonyl (C=O) groups is 1. The standard InChI is InChI=1S/C12H24N2O/c1-9(2)14(10(3)4)12(15)11-6-5-7-13-8-11/h9-11,13H,5-8H2,1-4H3. The summed E-state index contributed by atoms with van der Waals surface area (Å²) in [5.41, 5.74) is 0. The third-order valence-corrected chi connectivity index (χ3v) is 3.01. The highest BCUT2D eigenvalue weighted by atomic mass is 16.2. The Kier molecular flexibility index (Phi) is 4.58. The maximum Gasteiger partial charge on any atom is 0.227 e. The molecule has 1 unspecified atom stereocenters. The van der Waals surface area contributed by atoms with Crippen molar-refractivity contribution in [3.8, 4) is 0 Å². The summed E-state index contributed by atoms with van der Waals surface area (Å²) in [4.78, 5) is 14.3. The minimum absolute atomic E-state index is 0.198. The van der Waals surface area contributed by atoms with Crippen LogP contribution < -0.4 is 5.32 Å². The molecular weight excluding hydrogens is 188 g/mol. The molecule has 1 amide bonds. The van der Waals surface area contributed by atoms with E-state index in [0.29, 0.717) is 18.0 Å². The molecule has 1 rings (SSSR count). The van der Waals surface area contributed by atoms with Crippen molar-refractivity contribution >= 4 is 5.91 Å². The zero-order chi connectivity index (χ0) is 11.4. The summed E-state index contributed by atoms with van der Waals surface area (Å²) in [5, 5.41) is 3.30. The zero-order valence-electron chi connectivity index (χ0n) is 10.4. The van der Waals surface area contributed by atoms with Crippen LogP contribution in [0.5, 0.6) is 0 Å². The second kappa shape index (κ2) is 5.50. The van der Waals surface area contributed by atoms with E-state index in [1.54, 1.807) is 0 Å². The summed E-state index contributed by atoms with van der Waals surface area (Å²) in [6.07, 6.45) is 2.17. The van der Waals surface area contributed by atoms with Crippen LogP contribution in [0.25, 0.3) is 0 Å². The van der Waals surface area contributed by atoms with Gasteiger partial charge in [-0.05, 0) is 47.1 Å². The number of rotatable bonds is 3. The van der Waals surface area contributed by atoms with Gasteiger partial charge in [0.05, 0.1) is 5.92 Å². The average Bonchev–Trinajstić information content (AvgIpc) is 2.18. The van der Waals surface area contributed by atoms with Gasteiger partial charge in [0.1, 0.15) is 0 Å². The molecule has 1 saturated heterocycles. The monoisotopic (exact) mass is 212 g/mol. The van der Waals surface area contributed by atoms with Crippen molar-refractivity contribution in [2.45, 2.75) is 52.6 Å². The lowest BCUT2D eigenvalue weighted by atomic mass is 9.97. The maximum absolute atomic E-state index is 12.3. The van der Waals surface area contributed by atoms with Crippen LogP contribution in [-0.4, -0.2) is 36.0 Å². The van der Waals surface area contributed by atoms with Crippen molar-refractivity contribution < 1.29 is 4.79 Å². The van der Waals surface area contributed by atoms with E-state index in [1.165, 1.54) is 0 Å². The summed E-state index contributed by atoms with van der Waals surface area (Å²) >= 11 is 0. The van der Waals surface area contributed by atoms with Crippen molar-refractivity contribution in [2.75, 3.05) is 13.1 Å². The molecule has 3 nitrogen and oxygen atoms in total. The lowest BCUT2D eigenvalue weighted by Crippen LogP contribution is -2.48. The number of nitrogens with zero attached hydrogens (tertiary/aromatic N) is 1. The fraction of sp³-hybridized carbons (Fsp3) is 0.917. The molecule has 1 aliphatic rings. The summed E-state index contributed by atoms with van der Waals surface area (Å²) in [6.45, 7) is 10.3. The summed E-state index contributed by atoms with van der Waals surface area (Å²) in [5.74, 6) is 0.524. The molecule has 0 aromatic carbocycles. The molecule has 88 valence electrons. The van der Waals surface area contributed by atoms with E-state index < -0.39 is 0 Å². The molecule has 0 saturated carbocycles. The van der Waals surface area contributed by atoms with Crippen LogP contribution in [0.3, 0.4) is 0 Å². The third-order valence-electron chi connectivity index (χ3n) is 3.01. The van der Waals surface area contributed by atoms with E-state index in [0.717, 1.165) is 25.9 Å². The fourth-order valence-corrected chi connectivity index (χ4v) is 2.38. The molecule has 1 aliphatic heterocycles. The fourth-order valence-electron chi connectivity index (χ4n) is 2.38. The van der Waals surface area contributed by atoms with E-state index in [1.807, 2.05) is 4.90 Å². The molecule has 0 spiro atoms. The predicted octanol–water partition coefficient (Wildman–Crippen LogP) is 1.63.